The molecule has 5 rings (SSSR count). The monoisotopic (exact) mass is 522 g/mol. The maximum absolute atomic E-state index is 11.4. The number of benzene rings is 2. The fourth-order valence-electron chi connectivity index (χ4n) is 6.18. The predicted molar refractivity (Wildman–Crippen MR) is 153 cm³/mol. The Morgan fingerprint density at radius 1 is 0.868 bits per heavy atom. The topological polar surface area (TPSA) is 51.7 Å². The first-order valence-corrected chi connectivity index (χ1v) is 14.5. The second-order valence-electron chi connectivity index (χ2n) is 11.6. The van der Waals surface area contributed by atoms with Crippen LogP contribution in [0.2, 0.25) is 0 Å². The SMILES string of the molecule is COc1cc(CN2CCC(O)(CN3CCN(c4ccccc4)CC3)C2)ccc1OCCN1CCC(C)CC1. The number of rotatable bonds is 10. The summed E-state index contributed by atoms with van der Waals surface area (Å²) in [4.78, 5) is 9.74. The van der Waals surface area contributed by atoms with E-state index in [-0.39, 0.29) is 0 Å². The van der Waals surface area contributed by atoms with Crippen LogP contribution in [-0.2, 0) is 6.54 Å². The van der Waals surface area contributed by atoms with Crippen molar-refractivity contribution in [3.8, 4) is 11.5 Å². The number of ether oxygens (including phenoxy) is 2. The number of piperidine rings is 1. The molecule has 7 nitrogen and oxygen atoms in total. The highest BCUT2D eigenvalue weighted by Crippen LogP contribution is 2.31. The Morgan fingerprint density at radius 3 is 2.37 bits per heavy atom. The third-order valence-electron chi connectivity index (χ3n) is 8.60. The number of piperazine rings is 1. The lowest BCUT2D eigenvalue weighted by Gasteiger charge is -2.39. The average Bonchev–Trinajstić information content (AvgIpc) is 3.31. The van der Waals surface area contributed by atoms with Crippen LogP contribution in [-0.4, -0.2) is 105 Å². The van der Waals surface area contributed by atoms with Gasteiger partial charge in [0.15, 0.2) is 11.5 Å². The summed E-state index contributed by atoms with van der Waals surface area (Å²) in [6, 6.07) is 16.9. The number of likely N-dealkylation sites (tertiary alicyclic amines) is 2. The zero-order chi connectivity index (χ0) is 26.4. The molecule has 2 aromatic carbocycles. The van der Waals surface area contributed by atoms with E-state index >= 15 is 0 Å². The first-order chi connectivity index (χ1) is 18.5. The number of hydrogen-bond donors (Lipinski definition) is 1. The van der Waals surface area contributed by atoms with Gasteiger partial charge in [0.05, 0.1) is 12.7 Å². The molecule has 2 aromatic rings. The van der Waals surface area contributed by atoms with Crippen LogP contribution >= 0.6 is 0 Å². The van der Waals surface area contributed by atoms with E-state index in [2.05, 4.69) is 69.0 Å². The lowest BCUT2D eigenvalue weighted by atomic mass is 9.99. The van der Waals surface area contributed by atoms with Crippen molar-refractivity contribution in [2.45, 2.75) is 38.3 Å². The molecule has 208 valence electrons. The van der Waals surface area contributed by atoms with Crippen molar-refractivity contribution in [2.24, 2.45) is 5.92 Å². The van der Waals surface area contributed by atoms with Crippen molar-refractivity contribution in [3.63, 3.8) is 0 Å². The summed E-state index contributed by atoms with van der Waals surface area (Å²) in [7, 11) is 1.71. The number of β-amino-alcohol motifs (C(OH)–C–C–N with tert-alkyl or cyclic N) is 1. The van der Waals surface area contributed by atoms with Gasteiger partial charge in [-0.1, -0.05) is 31.2 Å². The second-order valence-corrected chi connectivity index (χ2v) is 11.6. The van der Waals surface area contributed by atoms with E-state index in [0.717, 1.165) is 76.2 Å². The Morgan fingerprint density at radius 2 is 1.63 bits per heavy atom. The Labute approximate surface area is 228 Å². The third kappa shape index (κ3) is 7.20. The van der Waals surface area contributed by atoms with E-state index in [9.17, 15) is 5.11 Å². The third-order valence-corrected chi connectivity index (χ3v) is 8.60. The zero-order valence-corrected chi connectivity index (χ0v) is 23.4. The molecule has 3 heterocycles. The van der Waals surface area contributed by atoms with Crippen LogP contribution in [0.5, 0.6) is 11.5 Å². The van der Waals surface area contributed by atoms with Crippen molar-refractivity contribution in [1.29, 1.82) is 0 Å². The van der Waals surface area contributed by atoms with Gasteiger partial charge < -0.3 is 19.5 Å². The molecule has 1 N–H and O–H groups in total. The molecule has 3 fully saturated rings. The van der Waals surface area contributed by atoms with Gasteiger partial charge in [0.2, 0.25) is 0 Å². The predicted octanol–water partition coefficient (Wildman–Crippen LogP) is 3.56. The van der Waals surface area contributed by atoms with E-state index in [1.54, 1.807) is 7.11 Å². The molecule has 0 aromatic heterocycles. The zero-order valence-electron chi connectivity index (χ0n) is 23.4. The van der Waals surface area contributed by atoms with Crippen LogP contribution in [0.4, 0.5) is 5.69 Å². The number of methoxy groups -OCH3 is 1. The van der Waals surface area contributed by atoms with Crippen LogP contribution in [0.25, 0.3) is 0 Å². The molecular weight excluding hydrogens is 476 g/mol. The van der Waals surface area contributed by atoms with Crippen LogP contribution in [0.1, 0.15) is 31.7 Å². The summed E-state index contributed by atoms with van der Waals surface area (Å²) < 4.78 is 11.8. The Balaban J connectivity index is 1.07. The molecule has 0 bridgehead atoms. The minimum atomic E-state index is -0.645. The highest BCUT2D eigenvalue weighted by Gasteiger charge is 2.38. The number of nitrogens with zero attached hydrogens (tertiary/aromatic N) is 4. The Hall–Kier alpha value is -2.32. The molecular formula is C31H46N4O3. The maximum atomic E-state index is 11.4. The van der Waals surface area contributed by atoms with Gasteiger partial charge in [-0.05, 0) is 68.1 Å². The largest absolute Gasteiger partial charge is 0.493 e. The van der Waals surface area contributed by atoms with Crippen molar-refractivity contribution < 1.29 is 14.6 Å². The van der Waals surface area contributed by atoms with Crippen LogP contribution in [0, 0.1) is 5.92 Å². The molecule has 3 aliphatic heterocycles. The number of anilines is 1. The molecule has 0 aliphatic carbocycles. The fraction of sp³-hybridized carbons (Fsp3) is 0.613. The number of aliphatic hydroxyl groups is 1. The number of hydrogen-bond acceptors (Lipinski definition) is 7. The molecule has 38 heavy (non-hydrogen) atoms. The first-order valence-electron chi connectivity index (χ1n) is 14.5. The molecule has 3 aliphatic rings. The van der Waals surface area contributed by atoms with Gasteiger partial charge in [0, 0.05) is 64.6 Å². The lowest BCUT2D eigenvalue weighted by molar-refractivity contribution is 0.00978. The van der Waals surface area contributed by atoms with Gasteiger partial charge in [-0.25, -0.2) is 0 Å². The molecule has 3 saturated heterocycles. The number of para-hydroxylation sites is 1. The Kier molecular flexibility index (Phi) is 9.10. The van der Waals surface area contributed by atoms with E-state index in [1.165, 1.54) is 37.2 Å². The minimum absolute atomic E-state index is 0.645. The molecule has 0 saturated carbocycles. The molecule has 1 unspecified atom stereocenters. The van der Waals surface area contributed by atoms with Gasteiger partial charge in [0.1, 0.15) is 6.61 Å². The molecule has 0 amide bonds. The quantitative estimate of drug-likeness (QED) is 0.512. The molecule has 0 spiro atoms. The fourth-order valence-corrected chi connectivity index (χ4v) is 6.18. The van der Waals surface area contributed by atoms with Gasteiger partial charge in [-0.2, -0.15) is 0 Å². The minimum Gasteiger partial charge on any atom is -0.493 e. The second kappa shape index (κ2) is 12.7. The van der Waals surface area contributed by atoms with Crippen LogP contribution in [0.15, 0.2) is 48.5 Å². The standard InChI is InChI=1S/C31H46N4O3/c1-26-10-13-32(14-11-26)20-21-38-29-9-8-27(22-30(29)37-2)23-34-15-12-31(36,25-34)24-33-16-18-35(19-17-33)28-6-4-3-5-7-28/h3-9,22,26,36H,10-21,23-25H2,1-2H3. The van der Waals surface area contributed by atoms with E-state index < -0.39 is 5.60 Å². The van der Waals surface area contributed by atoms with Gasteiger partial charge in [-0.15, -0.1) is 0 Å². The van der Waals surface area contributed by atoms with Crippen molar-refractivity contribution in [3.05, 3.63) is 54.1 Å². The maximum Gasteiger partial charge on any atom is 0.161 e. The van der Waals surface area contributed by atoms with Crippen LogP contribution in [0.3, 0.4) is 0 Å². The van der Waals surface area contributed by atoms with E-state index in [1.807, 2.05) is 6.07 Å². The van der Waals surface area contributed by atoms with Crippen LogP contribution < -0.4 is 14.4 Å². The van der Waals surface area contributed by atoms with E-state index in [4.69, 9.17) is 9.47 Å². The van der Waals surface area contributed by atoms with Gasteiger partial charge in [-0.3, -0.25) is 14.7 Å². The summed E-state index contributed by atoms with van der Waals surface area (Å²) >= 11 is 0. The lowest BCUT2D eigenvalue weighted by Crippen LogP contribution is -2.52. The summed E-state index contributed by atoms with van der Waals surface area (Å²) in [5, 5.41) is 11.4. The highest BCUT2D eigenvalue weighted by molar-refractivity contribution is 5.46. The van der Waals surface area contributed by atoms with Crippen molar-refractivity contribution in [1.82, 2.24) is 14.7 Å². The summed E-state index contributed by atoms with van der Waals surface area (Å²) in [6.45, 7) is 13.5. The van der Waals surface area contributed by atoms with Gasteiger partial charge in [0.25, 0.3) is 0 Å². The van der Waals surface area contributed by atoms with Crippen molar-refractivity contribution >= 4 is 5.69 Å². The molecule has 1 atom stereocenters. The summed E-state index contributed by atoms with van der Waals surface area (Å²) in [5.74, 6) is 2.46. The molecule has 7 heteroatoms. The summed E-state index contributed by atoms with van der Waals surface area (Å²) in [5.41, 5.74) is 1.84. The Bertz CT molecular complexity index is 1010. The molecule has 0 radical (unpaired) electrons. The highest BCUT2D eigenvalue weighted by atomic mass is 16.5. The normalized spacial score (nSPS) is 24.1. The smallest absolute Gasteiger partial charge is 0.161 e. The van der Waals surface area contributed by atoms with Gasteiger partial charge >= 0.3 is 0 Å². The average molecular weight is 523 g/mol. The first kappa shape index (κ1) is 27.3. The summed E-state index contributed by atoms with van der Waals surface area (Å²) in [6.07, 6.45) is 3.39. The van der Waals surface area contributed by atoms with Crippen molar-refractivity contribution in [2.75, 3.05) is 84.1 Å². The van der Waals surface area contributed by atoms with E-state index in [0.29, 0.717) is 13.2 Å².